The number of nitrogens with one attached hydrogen (secondary N) is 1. The van der Waals surface area contributed by atoms with Crippen LogP contribution in [0.4, 0.5) is 0 Å². The number of hydrogen-bond acceptors (Lipinski definition) is 5. The lowest BCUT2D eigenvalue weighted by Gasteiger charge is -2.24. The summed E-state index contributed by atoms with van der Waals surface area (Å²) in [6, 6.07) is 0. The summed E-state index contributed by atoms with van der Waals surface area (Å²) in [5, 5.41) is 0. The van der Waals surface area contributed by atoms with Gasteiger partial charge in [-0.1, -0.05) is 0 Å². The average Bonchev–Trinajstić information content (AvgIpc) is 2.80. The van der Waals surface area contributed by atoms with Crippen molar-refractivity contribution in [2.24, 2.45) is 0 Å². The van der Waals surface area contributed by atoms with Gasteiger partial charge >= 0.3 is 5.69 Å². The molecule has 2 fully saturated rings. The van der Waals surface area contributed by atoms with Crippen LogP contribution < -0.4 is 11.2 Å². The first-order valence-corrected chi connectivity index (χ1v) is 6.62. The second kappa shape index (κ2) is 4.28. The van der Waals surface area contributed by atoms with E-state index >= 15 is 0 Å². The van der Waals surface area contributed by atoms with Crippen molar-refractivity contribution in [3.63, 3.8) is 0 Å². The molecule has 0 amide bonds. The molecule has 0 saturated carbocycles. The molecule has 0 spiro atoms. The molecule has 20 heavy (non-hydrogen) atoms. The molecule has 7 heteroatoms. The van der Waals surface area contributed by atoms with Gasteiger partial charge in [-0.15, -0.1) is 0 Å². The number of hydrogen-bond donors (Lipinski definition) is 1. The van der Waals surface area contributed by atoms with Gasteiger partial charge in [0.1, 0.15) is 12.2 Å². The molecular weight excluding hydrogens is 264 g/mol. The second-order valence-electron chi connectivity index (χ2n) is 5.78. The molecule has 1 aromatic heterocycles. The lowest BCUT2D eigenvalue weighted by Crippen LogP contribution is -2.38. The van der Waals surface area contributed by atoms with E-state index in [1.165, 1.54) is 10.8 Å². The van der Waals surface area contributed by atoms with Crippen LogP contribution in [0.15, 0.2) is 15.8 Å². The molecule has 2 saturated heterocycles. The summed E-state index contributed by atoms with van der Waals surface area (Å²) < 4.78 is 18.8. The fourth-order valence-electron chi connectivity index (χ4n) is 2.77. The largest absolute Gasteiger partial charge is 0.349 e. The van der Waals surface area contributed by atoms with Crippen molar-refractivity contribution in [3.05, 3.63) is 32.6 Å². The Morgan fingerprint density at radius 3 is 2.60 bits per heavy atom. The first-order chi connectivity index (χ1) is 9.28. The average molecular weight is 282 g/mol. The van der Waals surface area contributed by atoms with E-state index in [9.17, 15) is 9.59 Å². The maximum Gasteiger partial charge on any atom is 0.330 e. The molecule has 3 heterocycles. The van der Waals surface area contributed by atoms with Gasteiger partial charge in [-0.3, -0.25) is 14.3 Å². The third kappa shape index (κ3) is 2.02. The Morgan fingerprint density at radius 2 is 1.90 bits per heavy atom. The number of aromatic nitrogens is 2. The van der Waals surface area contributed by atoms with Crippen molar-refractivity contribution in [1.29, 1.82) is 0 Å². The lowest BCUT2D eigenvalue weighted by atomic mass is 10.1. The van der Waals surface area contributed by atoms with Gasteiger partial charge in [-0.2, -0.15) is 0 Å². The van der Waals surface area contributed by atoms with Gasteiger partial charge in [-0.05, 0) is 27.7 Å². The van der Waals surface area contributed by atoms with Crippen LogP contribution in [-0.4, -0.2) is 33.7 Å². The van der Waals surface area contributed by atoms with Crippen LogP contribution in [0.2, 0.25) is 0 Å². The monoisotopic (exact) mass is 282 g/mol. The van der Waals surface area contributed by atoms with Crippen molar-refractivity contribution in [2.75, 3.05) is 0 Å². The van der Waals surface area contributed by atoms with Crippen LogP contribution >= 0.6 is 0 Å². The Bertz CT molecular complexity index is 647. The van der Waals surface area contributed by atoms with E-state index in [1.807, 2.05) is 20.8 Å². The molecule has 0 bridgehead atoms. The lowest BCUT2D eigenvalue weighted by molar-refractivity contribution is -0.195. The molecule has 1 aromatic rings. The SMILES string of the molecule is Cc1cn([C@@H]2O[C@@H](C)[C@H]3OC(C)(C)O[C@H]32)c(=O)[nH]c1=O. The third-order valence-electron chi connectivity index (χ3n) is 3.68. The molecule has 3 rings (SSSR count). The van der Waals surface area contributed by atoms with Gasteiger partial charge in [0, 0.05) is 11.8 Å². The fraction of sp³-hybridized carbons (Fsp3) is 0.692. The maximum atomic E-state index is 12.0. The van der Waals surface area contributed by atoms with E-state index < -0.39 is 23.3 Å². The standard InChI is InChI=1S/C13H18N2O5/c1-6-5-15(12(17)14-10(6)16)11-9-8(7(2)18-11)19-13(3,4)20-9/h5,7-9,11H,1-4H3,(H,14,16,17)/t7-,8+,9+,11+/m0/s1. The zero-order valence-electron chi connectivity index (χ0n) is 11.9. The van der Waals surface area contributed by atoms with Gasteiger partial charge in [-0.25, -0.2) is 4.79 Å². The molecule has 0 unspecified atom stereocenters. The fourth-order valence-corrected chi connectivity index (χ4v) is 2.77. The molecule has 110 valence electrons. The smallest absolute Gasteiger partial charge is 0.330 e. The number of rotatable bonds is 1. The van der Waals surface area contributed by atoms with Crippen molar-refractivity contribution >= 4 is 0 Å². The van der Waals surface area contributed by atoms with Crippen LogP contribution in [0.5, 0.6) is 0 Å². The highest BCUT2D eigenvalue weighted by Crippen LogP contribution is 2.42. The van der Waals surface area contributed by atoms with Gasteiger partial charge < -0.3 is 14.2 Å². The Kier molecular flexibility index (Phi) is 2.89. The van der Waals surface area contributed by atoms with E-state index in [4.69, 9.17) is 14.2 Å². The van der Waals surface area contributed by atoms with Gasteiger partial charge in [0.05, 0.1) is 6.10 Å². The van der Waals surface area contributed by atoms with E-state index in [0.717, 1.165) is 0 Å². The number of nitrogens with zero attached hydrogens (tertiary/aromatic N) is 1. The highest BCUT2D eigenvalue weighted by atomic mass is 16.8. The zero-order valence-corrected chi connectivity index (χ0v) is 11.9. The first-order valence-electron chi connectivity index (χ1n) is 6.62. The van der Waals surface area contributed by atoms with Crippen LogP contribution in [0.25, 0.3) is 0 Å². The van der Waals surface area contributed by atoms with Crippen molar-refractivity contribution in [3.8, 4) is 0 Å². The van der Waals surface area contributed by atoms with Gasteiger partial charge in [0.2, 0.25) is 0 Å². The molecule has 7 nitrogen and oxygen atoms in total. The normalized spacial score (nSPS) is 35.2. The molecule has 4 atom stereocenters. The number of H-pyrrole nitrogens is 1. The zero-order chi connectivity index (χ0) is 14.7. The summed E-state index contributed by atoms with van der Waals surface area (Å²) in [5.41, 5.74) is -0.452. The predicted octanol–water partition coefficient (Wildman–Crippen LogP) is 0.282. The Hall–Kier alpha value is -1.44. The maximum absolute atomic E-state index is 12.0. The minimum absolute atomic E-state index is 0.189. The summed E-state index contributed by atoms with van der Waals surface area (Å²) in [6.07, 6.45) is 0.109. The highest BCUT2D eigenvalue weighted by Gasteiger charge is 2.54. The van der Waals surface area contributed by atoms with Gasteiger partial charge in [0.25, 0.3) is 5.56 Å². The summed E-state index contributed by atoms with van der Waals surface area (Å²) in [6.45, 7) is 7.18. The van der Waals surface area contributed by atoms with E-state index in [-0.39, 0.29) is 18.3 Å². The molecule has 2 aliphatic heterocycles. The van der Waals surface area contributed by atoms with Crippen LogP contribution in [0.1, 0.15) is 32.6 Å². The summed E-state index contributed by atoms with van der Waals surface area (Å²) in [5.74, 6) is -0.702. The minimum atomic E-state index is -0.702. The molecule has 0 aliphatic carbocycles. The Morgan fingerprint density at radius 1 is 1.25 bits per heavy atom. The van der Waals surface area contributed by atoms with Crippen LogP contribution in [-0.2, 0) is 14.2 Å². The molecule has 0 radical (unpaired) electrons. The molecular formula is C13H18N2O5. The number of aryl methyl sites for hydroxylation is 1. The van der Waals surface area contributed by atoms with E-state index in [0.29, 0.717) is 5.56 Å². The summed E-state index contributed by atoms with van der Waals surface area (Å²) in [7, 11) is 0. The third-order valence-corrected chi connectivity index (χ3v) is 3.68. The number of aromatic amines is 1. The predicted molar refractivity (Wildman–Crippen MR) is 69.5 cm³/mol. The molecule has 0 aromatic carbocycles. The van der Waals surface area contributed by atoms with Crippen LogP contribution in [0.3, 0.4) is 0 Å². The van der Waals surface area contributed by atoms with Crippen molar-refractivity contribution in [2.45, 2.75) is 58.0 Å². The first kappa shape index (κ1) is 13.5. The summed E-state index contributed by atoms with van der Waals surface area (Å²) >= 11 is 0. The molecule has 1 N–H and O–H groups in total. The van der Waals surface area contributed by atoms with E-state index in [2.05, 4.69) is 4.98 Å². The molecule has 2 aliphatic rings. The quantitative estimate of drug-likeness (QED) is 0.800. The summed E-state index contributed by atoms with van der Waals surface area (Å²) in [4.78, 5) is 25.7. The van der Waals surface area contributed by atoms with E-state index in [1.54, 1.807) is 6.92 Å². The van der Waals surface area contributed by atoms with Crippen molar-refractivity contribution < 1.29 is 14.2 Å². The van der Waals surface area contributed by atoms with Gasteiger partial charge in [0.15, 0.2) is 12.0 Å². The Balaban J connectivity index is 2.01. The number of ether oxygens (including phenoxy) is 3. The highest BCUT2D eigenvalue weighted by molar-refractivity contribution is 5.04. The minimum Gasteiger partial charge on any atom is -0.349 e. The van der Waals surface area contributed by atoms with Crippen LogP contribution in [0, 0.1) is 6.92 Å². The number of fused-ring (bicyclic) bond motifs is 1. The van der Waals surface area contributed by atoms with Crippen molar-refractivity contribution in [1.82, 2.24) is 9.55 Å². The topological polar surface area (TPSA) is 82.6 Å². The second-order valence-corrected chi connectivity index (χ2v) is 5.78. The Labute approximate surface area is 115 Å².